The van der Waals surface area contributed by atoms with E-state index in [-0.39, 0.29) is 10.9 Å². The Morgan fingerprint density at radius 3 is 2.53 bits per heavy atom. The third-order valence-corrected chi connectivity index (χ3v) is 8.56. The molecule has 5 aromatic rings. The van der Waals surface area contributed by atoms with Crippen molar-refractivity contribution in [3.8, 4) is 27.8 Å². The highest BCUT2D eigenvalue weighted by molar-refractivity contribution is 8.01. The van der Waals surface area contributed by atoms with Gasteiger partial charge in [-0.3, -0.25) is 0 Å². The Morgan fingerprint density at radius 2 is 1.86 bits per heavy atom. The van der Waals surface area contributed by atoms with Crippen LogP contribution in [0.1, 0.15) is 30.0 Å². The Balaban J connectivity index is 1.72. The molecule has 0 saturated heterocycles. The highest BCUT2D eigenvalue weighted by Crippen LogP contribution is 2.42. The molecular weight excluding hydrogens is 537 g/mol. The van der Waals surface area contributed by atoms with Crippen LogP contribution in [0.5, 0.6) is 0 Å². The Labute approximate surface area is 225 Å². The molecule has 2 aromatic carbocycles. The fourth-order valence-electron chi connectivity index (χ4n) is 4.01. The summed E-state index contributed by atoms with van der Waals surface area (Å²) in [5.74, 6) is -0.572. The predicted octanol–water partition coefficient (Wildman–Crippen LogP) is 7.36. The van der Waals surface area contributed by atoms with Crippen LogP contribution >= 0.6 is 46.3 Å². The maximum absolute atomic E-state index is 12.6. The molecule has 7 nitrogen and oxygen atoms in total. The summed E-state index contributed by atoms with van der Waals surface area (Å²) in [5, 5.41) is 16.5. The number of aromatic carboxylic acids is 1. The van der Waals surface area contributed by atoms with Gasteiger partial charge in [-0.2, -0.15) is 9.78 Å². The lowest BCUT2D eigenvalue weighted by Gasteiger charge is -2.05. The van der Waals surface area contributed by atoms with E-state index in [2.05, 4.69) is 18.9 Å². The zero-order valence-corrected chi connectivity index (χ0v) is 22.9. The minimum absolute atomic E-state index is 0.0152. The van der Waals surface area contributed by atoms with Crippen LogP contribution in [0, 0.1) is 6.92 Å². The quantitative estimate of drug-likeness (QED) is 0.219. The first-order valence-corrected chi connectivity index (χ1v) is 13.5. The molecule has 0 unspecified atom stereocenters. The Kier molecular flexibility index (Phi) is 6.59. The van der Waals surface area contributed by atoms with Crippen LogP contribution in [-0.4, -0.2) is 40.6 Å². The summed E-state index contributed by atoms with van der Waals surface area (Å²) in [6, 6.07) is 13.0. The first-order chi connectivity index (χ1) is 17.2. The zero-order valence-electron chi connectivity index (χ0n) is 19.8. The maximum Gasteiger partial charge on any atom is 0.355 e. The number of thioether (sulfide) groups is 1. The van der Waals surface area contributed by atoms with Crippen molar-refractivity contribution in [2.75, 3.05) is 0 Å². The average molecular weight is 559 g/mol. The van der Waals surface area contributed by atoms with Crippen molar-refractivity contribution >= 4 is 63.3 Å². The molecule has 36 heavy (non-hydrogen) atoms. The molecule has 0 amide bonds. The minimum Gasteiger partial charge on any atom is -0.476 e. The molecule has 0 fully saturated rings. The summed E-state index contributed by atoms with van der Waals surface area (Å²) in [4.78, 5) is 22.1. The van der Waals surface area contributed by atoms with Gasteiger partial charge in [0.2, 0.25) is 5.13 Å². The Morgan fingerprint density at radius 1 is 1.11 bits per heavy atom. The highest BCUT2D eigenvalue weighted by Gasteiger charge is 2.29. The van der Waals surface area contributed by atoms with E-state index in [9.17, 15) is 9.90 Å². The number of fused-ring (bicyclic) bond motifs is 1. The normalized spacial score (nSPS) is 11.6. The van der Waals surface area contributed by atoms with Gasteiger partial charge in [0.15, 0.2) is 5.69 Å². The average Bonchev–Trinajstić information content (AvgIpc) is 3.49. The Hall–Kier alpha value is -2.85. The molecule has 0 atom stereocenters. The molecule has 0 aliphatic rings. The fourth-order valence-corrected chi connectivity index (χ4v) is 6.78. The van der Waals surface area contributed by atoms with E-state index >= 15 is 0 Å². The van der Waals surface area contributed by atoms with Crippen LogP contribution in [0.3, 0.4) is 0 Å². The molecule has 0 saturated carbocycles. The fraction of sp³-hybridized carbons (Fsp3) is 0.200. The summed E-state index contributed by atoms with van der Waals surface area (Å²) < 4.78 is 4.23. The van der Waals surface area contributed by atoms with E-state index in [0.29, 0.717) is 38.0 Å². The second kappa shape index (κ2) is 9.55. The van der Waals surface area contributed by atoms with Gasteiger partial charge in [-0.05, 0) is 31.2 Å². The van der Waals surface area contributed by atoms with Gasteiger partial charge in [0, 0.05) is 17.9 Å². The van der Waals surface area contributed by atoms with Crippen LogP contribution in [0.25, 0.3) is 38.8 Å². The SMILES string of the molecule is Cc1nn(-c2nc(-c3ccc(Cl)c(Cl)c3)c(SC(C)C)s2)c(C(=O)O)c1-c1nc2ccccc2n1C. The number of benzene rings is 2. The monoisotopic (exact) mass is 557 g/mol. The molecule has 0 aliphatic carbocycles. The van der Waals surface area contributed by atoms with Gasteiger partial charge in [-0.15, -0.1) is 11.8 Å². The summed E-state index contributed by atoms with van der Waals surface area (Å²) in [5.41, 5.74) is 4.22. The molecule has 11 heteroatoms. The van der Waals surface area contributed by atoms with Gasteiger partial charge in [0.25, 0.3) is 0 Å². The molecule has 0 aliphatic heterocycles. The van der Waals surface area contributed by atoms with E-state index in [1.165, 1.54) is 16.0 Å². The van der Waals surface area contributed by atoms with E-state index in [4.69, 9.17) is 33.2 Å². The number of nitrogens with zero attached hydrogens (tertiary/aromatic N) is 5. The minimum atomic E-state index is -1.11. The number of rotatable bonds is 6. The molecule has 3 heterocycles. The zero-order chi connectivity index (χ0) is 25.7. The number of halogens is 2. The lowest BCUT2D eigenvalue weighted by atomic mass is 10.1. The number of imidazole rings is 1. The number of hydrogen-bond donors (Lipinski definition) is 1. The maximum atomic E-state index is 12.6. The van der Waals surface area contributed by atoms with Crippen LogP contribution in [0.2, 0.25) is 10.0 Å². The number of thiazole rings is 1. The van der Waals surface area contributed by atoms with Crippen molar-refractivity contribution in [3.63, 3.8) is 0 Å². The summed E-state index contributed by atoms with van der Waals surface area (Å²) in [6.45, 7) is 5.97. The second-order valence-electron chi connectivity index (χ2n) is 8.44. The van der Waals surface area contributed by atoms with Gasteiger partial charge < -0.3 is 9.67 Å². The number of carbonyl (C=O) groups is 1. The van der Waals surface area contributed by atoms with Crippen LogP contribution < -0.4 is 0 Å². The van der Waals surface area contributed by atoms with Gasteiger partial charge in [-0.1, -0.05) is 66.6 Å². The van der Waals surface area contributed by atoms with E-state index in [0.717, 1.165) is 20.8 Å². The van der Waals surface area contributed by atoms with Crippen molar-refractivity contribution in [2.45, 2.75) is 30.2 Å². The van der Waals surface area contributed by atoms with E-state index < -0.39 is 5.97 Å². The largest absolute Gasteiger partial charge is 0.476 e. The molecule has 0 bridgehead atoms. The topological polar surface area (TPSA) is 85.8 Å². The Bertz CT molecular complexity index is 1640. The lowest BCUT2D eigenvalue weighted by molar-refractivity contribution is 0.0687. The number of aryl methyl sites for hydroxylation is 2. The third-order valence-electron chi connectivity index (χ3n) is 5.58. The smallest absolute Gasteiger partial charge is 0.355 e. The van der Waals surface area contributed by atoms with Gasteiger partial charge in [-0.25, -0.2) is 14.8 Å². The van der Waals surface area contributed by atoms with Crippen molar-refractivity contribution in [1.82, 2.24) is 24.3 Å². The van der Waals surface area contributed by atoms with Gasteiger partial charge in [0.05, 0.1) is 42.2 Å². The number of carboxylic acid groups (broad SMARTS) is 1. The number of carboxylic acids is 1. The van der Waals surface area contributed by atoms with Gasteiger partial charge >= 0.3 is 5.97 Å². The van der Waals surface area contributed by atoms with Crippen molar-refractivity contribution in [2.24, 2.45) is 7.05 Å². The van der Waals surface area contributed by atoms with Crippen LogP contribution in [-0.2, 0) is 7.05 Å². The summed E-state index contributed by atoms with van der Waals surface area (Å²) in [7, 11) is 1.87. The molecule has 3 aromatic heterocycles. The third kappa shape index (κ3) is 4.30. The van der Waals surface area contributed by atoms with Crippen molar-refractivity contribution < 1.29 is 9.90 Å². The van der Waals surface area contributed by atoms with Gasteiger partial charge in [0.1, 0.15) is 5.82 Å². The summed E-state index contributed by atoms with van der Waals surface area (Å²) >= 11 is 15.4. The number of hydrogen-bond acceptors (Lipinski definition) is 6. The van der Waals surface area contributed by atoms with E-state index in [1.54, 1.807) is 30.8 Å². The number of para-hydroxylation sites is 2. The summed E-state index contributed by atoms with van der Waals surface area (Å²) in [6.07, 6.45) is 0. The molecule has 184 valence electrons. The van der Waals surface area contributed by atoms with Crippen molar-refractivity contribution in [1.29, 1.82) is 0 Å². The second-order valence-corrected chi connectivity index (χ2v) is 12.1. The molecule has 0 spiro atoms. The predicted molar refractivity (Wildman–Crippen MR) is 147 cm³/mol. The van der Waals surface area contributed by atoms with E-state index in [1.807, 2.05) is 41.9 Å². The molecule has 1 N–H and O–H groups in total. The number of aromatic nitrogens is 5. The molecule has 0 radical (unpaired) electrons. The van der Waals surface area contributed by atoms with Crippen LogP contribution in [0.15, 0.2) is 46.7 Å². The standard InChI is InChI=1S/C25H21Cl2N5O2S2/c1-12(2)35-24-20(14-9-10-15(26)16(27)11-14)29-25(36-24)32-21(23(33)34)19(13(3)30-32)22-28-17-7-5-6-8-18(17)31(22)4/h5-12H,1-4H3,(H,33,34). The first kappa shape index (κ1) is 24.8. The van der Waals surface area contributed by atoms with Crippen LogP contribution in [0.4, 0.5) is 0 Å². The first-order valence-electron chi connectivity index (χ1n) is 11.0. The lowest BCUT2D eigenvalue weighted by Crippen LogP contribution is -2.10. The van der Waals surface area contributed by atoms with Crippen molar-refractivity contribution in [3.05, 3.63) is 63.9 Å². The molecular formula is C25H21Cl2N5O2S2. The molecule has 5 rings (SSSR count). The highest BCUT2D eigenvalue weighted by atomic mass is 35.5.